The summed E-state index contributed by atoms with van der Waals surface area (Å²) < 4.78 is 0. The molecule has 1 aliphatic rings. The number of benzene rings is 1. The second-order valence-electron chi connectivity index (χ2n) is 6.19. The van der Waals surface area contributed by atoms with Crippen LogP contribution in [0.4, 0.5) is 5.69 Å². The topological polar surface area (TPSA) is 15.3 Å². The zero-order chi connectivity index (χ0) is 14.4. The van der Waals surface area contributed by atoms with Crippen molar-refractivity contribution in [2.24, 2.45) is 5.92 Å². The summed E-state index contributed by atoms with van der Waals surface area (Å²) in [6, 6.07) is 9.63. The molecule has 0 heterocycles. The second-order valence-corrected chi connectivity index (χ2v) is 6.19. The van der Waals surface area contributed by atoms with Crippen LogP contribution in [0, 0.1) is 5.92 Å². The van der Waals surface area contributed by atoms with Gasteiger partial charge < -0.3 is 10.2 Å². The Morgan fingerprint density at radius 2 is 1.80 bits per heavy atom. The third-order valence-electron chi connectivity index (χ3n) is 4.85. The largest absolute Gasteiger partial charge is 0.373 e. The average molecular weight is 274 g/mol. The number of anilines is 1. The summed E-state index contributed by atoms with van der Waals surface area (Å²) in [5.74, 6) is 0.853. The molecule has 20 heavy (non-hydrogen) atoms. The Hall–Kier alpha value is -1.02. The van der Waals surface area contributed by atoms with Gasteiger partial charge in [-0.2, -0.15) is 0 Å². The van der Waals surface area contributed by atoms with E-state index in [2.05, 4.69) is 55.5 Å². The molecule has 0 aromatic heterocycles. The van der Waals surface area contributed by atoms with E-state index in [9.17, 15) is 0 Å². The van der Waals surface area contributed by atoms with Gasteiger partial charge in [-0.05, 0) is 49.9 Å². The monoisotopic (exact) mass is 274 g/mol. The number of nitrogens with one attached hydrogen (secondary N) is 1. The zero-order valence-corrected chi connectivity index (χ0v) is 13.4. The SMILES string of the molecule is CCc1ccc(N(C)CC(NC)C2CCCCC2)cc1. The van der Waals surface area contributed by atoms with E-state index < -0.39 is 0 Å². The number of rotatable bonds is 6. The Labute approximate surface area is 124 Å². The van der Waals surface area contributed by atoms with E-state index in [-0.39, 0.29) is 0 Å². The molecule has 0 bridgehead atoms. The van der Waals surface area contributed by atoms with Crippen molar-refractivity contribution in [1.29, 1.82) is 0 Å². The molecular formula is C18H30N2. The molecule has 1 atom stereocenters. The fourth-order valence-corrected chi connectivity index (χ4v) is 3.40. The molecule has 1 unspecified atom stereocenters. The van der Waals surface area contributed by atoms with Crippen LogP contribution in [0.2, 0.25) is 0 Å². The molecule has 0 saturated heterocycles. The lowest BCUT2D eigenvalue weighted by Gasteiger charge is -2.33. The molecule has 1 fully saturated rings. The quantitative estimate of drug-likeness (QED) is 0.847. The first-order valence-corrected chi connectivity index (χ1v) is 8.22. The van der Waals surface area contributed by atoms with Crippen molar-refractivity contribution in [1.82, 2.24) is 5.32 Å². The second kappa shape index (κ2) is 7.68. The molecule has 1 aliphatic carbocycles. The molecule has 2 heteroatoms. The lowest BCUT2D eigenvalue weighted by molar-refractivity contribution is 0.280. The summed E-state index contributed by atoms with van der Waals surface area (Å²) in [7, 11) is 4.33. The highest BCUT2D eigenvalue weighted by Gasteiger charge is 2.23. The van der Waals surface area contributed by atoms with Gasteiger partial charge in [0.05, 0.1) is 0 Å². The Balaban J connectivity index is 1.94. The highest BCUT2D eigenvalue weighted by atomic mass is 15.1. The third-order valence-corrected chi connectivity index (χ3v) is 4.85. The van der Waals surface area contributed by atoms with Gasteiger partial charge in [-0.1, -0.05) is 38.3 Å². The number of aryl methyl sites for hydroxylation is 1. The first-order valence-electron chi connectivity index (χ1n) is 8.22. The number of hydrogen-bond acceptors (Lipinski definition) is 2. The zero-order valence-electron chi connectivity index (χ0n) is 13.4. The molecule has 1 aromatic carbocycles. The maximum Gasteiger partial charge on any atom is 0.0364 e. The minimum Gasteiger partial charge on any atom is -0.373 e. The van der Waals surface area contributed by atoms with Gasteiger partial charge in [0.2, 0.25) is 0 Å². The van der Waals surface area contributed by atoms with Crippen molar-refractivity contribution < 1.29 is 0 Å². The van der Waals surface area contributed by atoms with E-state index >= 15 is 0 Å². The van der Waals surface area contributed by atoms with E-state index in [0.717, 1.165) is 18.9 Å². The molecule has 112 valence electrons. The fraction of sp³-hybridized carbons (Fsp3) is 0.667. The van der Waals surface area contributed by atoms with E-state index in [1.165, 1.54) is 43.4 Å². The molecule has 0 radical (unpaired) electrons. The predicted molar refractivity (Wildman–Crippen MR) is 88.5 cm³/mol. The lowest BCUT2D eigenvalue weighted by Crippen LogP contribution is -2.43. The van der Waals surface area contributed by atoms with Crippen LogP contribution in [0.3, 0.4) is 0 Å². The molecule has 1 aromatic rings. The van der Waals surface area contributed by atoms with E-state index in [4.69, 9.17) is 0 Å². The van der Waals surface area contributed by atoms with Crippen LogP contribution in [0.1, 0.15) is 44.6 Å². The summed E-state index contributed by atoms with van der Waals surface area (Å²) in [5, 5.41) is 3.55. The number of likely N-dealkylation sites (N-methyl/N-ethyl adjacent to an activating group) is 2. The summed E-state index contributed by atoms with van der Waals surface area (Å²) in [5.41, 5.74) is 2.75. The minimum absolute atomic E-state index is 0.617. The van der Waals surface area contributed by atoms with E-state index in [0.29, 0.717) is 6.04 Å². The summed E-state index contributed by atoms with van der Waals surface area (Å²) in [4.78, 5) is 2.40. The molecule has 1 saturated carbocycles. The van der Waals surface area contributed by atoms with Gasteiger partial charge in [-0.25, -0.2) is 0 Å². The molecule has 1 N–H and O–H groups in total. The van der Waals surface area contributed by atoms with Crippen molar-refractivity contribution in [3.05, 3.63) is 29.8 Å². The maximum absolute atomic E-state index is 3.55. The maximum atomic E-state index is 3.55. The van der Waals surface area contributed by atoms with Crippen molar-refractivity contribution in [3.63, 3.8) is 0 Å². The normalized spacial score (nSPS) is 17.9. The summed E-state index contributed by atoms with van der Waals surface area (Å²) >= 11 is 0. The highest BCUT2D eigenvalue weighted by molar-refractivity contribution is 5.47. The molecule has 0 aliphatic heterocycles. The number of nitrogens with zero attached hydrogens (tertiary/aromatic N) is 1. The van der Waals surface area contributed by atoms with Crippen LogP contribution in [0.5, 0.6) is 0 Å². The van der Waals surface area contributed by atoms with Crippen LogP contribution in [0.15, 0.2) is 24.3 Å². The van der Waals surface area contributed by atoms with Crippen molar-refractivity contribution in [2.75, 3.05) is 25.5 Å². The van der Waals surface area contributed by atoms with Crippen LogP contribution in [-0.4, -0.2) is 26.7 Å². The van der Waals surface area contributed by atoms with Gasteiger partial charge in [-0.3, -0.25) is 0 Å². The lowest BCUT2D eigenvalue weighted by atomic mass is 9.83. The van der Waals surface area contributed by atoms with E-state index in [1.807, 2.05) is 0 Å². The van der Waals surface area contributed by atoms with Crippen molar-refractivity contribution >= 4 is 5.69 Å². The summed E-state index contributed by atoms with van der Waals surface area (Å²) in [6.45, 7) is 3.31. The van der Waals surface area contributed by atoms with Gasteiger partial charge in [0.1, 0.15) is 0 Å². The van der Waals surface area contributed by atoms with Gasteiger partial charge >= 0.3 is 0 Å². The van der Waals surface area contributed by atoms with Gasteiger partial charge in [0.25, 0.3) is 0 Å². The Morgan fingerprint density at radius 1 is 1.15 bits per heavy atom. The number of hydrogen-bond donors (Lipinski definition) is 1. The fourth-order valence-electron chi connectivity index (χ4n) is 3.40. The molecule has 0 spiro atoms. The Kier molecular flexibility index (Phi) is 5.90. The minimum atomic E-state index is 0.617. The van der Waals surface area contributed by atoms with Gasteiger partial charge in [0.15, 0.2) is 0 Å². The Bertz CT molecular complexity index is 379. The van der Waals surface area contributed by atoms with Crippen molar-refractivity contribution in [2.45, 2.75) is 51.5 Å². The standard InChI is InChI=1S/C18H30N2/c1-4-15-10-12-17(13-11-15)20(3)14-18(19-2)16-8-6-5-7-9-16/h10-13,16,18-19H,4-9,14H2,1-3H3. The van der Waals surface area contributed by atoms with Gasteiger partial charge in [0, 0.05) is 25.3 Å². The molecular weight excluding hydrogens is 244 g/mol. The molecule has 2 rings (SSSR count). The van der Waals surface area contributed by atoms with Crippen LogP contribution in [-0.2, 0) is 6.42 Å². The predicted octanol–water partition coefficient (Wildman–Crippen LogP) is 3.85. The highest BCUT2D eigenvalue weighted by Crippen LogP contribution is 2.27. The molecule has 0 amide bonds. The smallest absolute Gasteiger partial charge is 0.0364 e. The average Bonchev–Trinajstić information content (AvgIpc) is 2.53. The van der Waals surface area contributed by atoms with E-state index in [1.54, 1.807) is 0 Å². The third kappa shape index (κ3) is 3.99. The summed E-state index contributed by atoms with van der Waals surface area (Å²) in [6.07, 6.45) is 8.17. The van der Waals surface area contributed by atoms with Crippen LogP contribution < -0.4 is 10.2 Å². The van der Waals surface area contributed by atoms with Crippen molar-refractivity contribution in [3.8, 4) is 0 Å². The first-order chi connectivity index (χ1) is 9.74. The molecule has 2 nitrogen and oxygen atoms in total. The van der Waals surface area contributed by atoms with Gasteiger partial charge in [-0.15, -0.1) is 0 Å². The van der Waals surface area contributed by atoms with Crippen LogP contribution in [0.25, 0.3) is 0 Å². The Morgan fingerprint density at radius 3 is 2.35 bits per heavy atom. The first kappa shape index (κ1) is 15.4. The van der Waals surface area contributed by atoms with Crippen LogP contribution >= 0.6 is 0 Å².